The number of carbonyl (C=O) groups is 2. The quantitative estimate of drug-likeness (QED) is 0.768. The molecule has 2 aromatic carbocycles. The zero-order valence-electron chi connectivity index (χ0n) is 16.6. The summed E-state index contributed by atoms with van der Waals surface area (Å²) < 4.78 is 5.75. The molecule has 0 heterocycles. The van der Waals surface area contributed by atoms with Gasteiger partial charge in [-0.15, -0.1) is 0 Å². The molecule has 0 aromatic heterocycles. The minimum atomic E-state index is -0.696. The molecule has 0 aliphatic heterocycles. The molecule has 2 rings (SSSR count). The van der Waals surface area contributed by atoms with Crippen molar-refractivity contribution in [2.24, 2.45) is 0 Å². The molecule has 2 atom stereocenters. The summed E-state index contributed by atoms with van der Waals surface area (Å²) in [6.45, 7) is 9.66. The molecule has 27 heavy (non-hydrogen) atoms. The fourth-order valence-electron chi connectivity index (χ4n) is 2.47. The second-order valence-electron chi connectivity index (χ2n) is 6.82. The lowest BCUT2D eigenvalue weighted by molar-refractivity contribution is -0.122. The van der Waals surface area contributed by atoms with E-state index in [1.807, 2.05) is 45.9 Å². The second kappa shape index (κ2) is 9.21. The number of para-hydroxylation sites is 1. The molecule has 0 aliphatic rings. The van der Waals surface area contributed by atoms with Crippen LogP contribution in [0.25, 0.3) is 0 Å². The van der Waals surface area contributed by atoms with E-state index in [4.69, 9.17) is 4.74 Å². The Morgan fingerprint density at radius 1 is 1.04 bits per heavy atom. The first-order valence-corrected chi connectivity index (χ1v) is 9.26. The molecular formula is C22H28N2O3. The first-order chi connectivity index (χ1) is 12.8. The molecule has 0 radical (unpaired) electrons. The number of anilines is 1. The van der Waals surface area contributed by atoms with E-state index in [-0.39, 0.29) is 17.9 Å². The van der Waals surface area contributed by atoms with Crippen molar-refractivity contribution in [3.63, 3.8) is 0 Å². The number of nitrogens with one attached hydrogen (secondary N) is 2. The Morgan fingerprint density at radius 3 is 2.41 bits per heavy atom. The third-order valence-electron chi connectivity index (χ3n) is 4.58. The zero-order chi connectivity index (χ0) is 20.0. The van der Waals surface area contributed by atoms with E-state index in [9.17, 15) is 9.59 Å². The molecule has 2 N–H and O–H groups in total. The number of carbonyl (C=O) groups excluding carboxylic acids is 2. The fraction of sp³-hybridized carbons (Fsp3) is 0.364. The molecule has 0 fully saturated rings. The van der Waals surface area contributed by atoms with Crippen molar-refractivity contribution in [3.8, 4) is 5.75 Å². The number of hydrogen-bond donors (Lipinski definition) is 2. The molecule has 0 saturated heterocycles. The van der Waals surface area contributed by atoms with Gasteiger partial charge in [0.1, 0.15) is 5.75 Å². The van der Waals surface area contributed by atoms with Gasteiger partial charge in [0.05, 0.1) is 11.3 Å². The van der Waals surface area contributed by atoms with Gasteiger partial charge in [-0.1, -0.05) is 25.1 Å². The first kappa shape index (κ1) is 20.5. The van der Waals surface area contributed by atoms with Crippen LogP contribution < -0.4 is 15.4 Å². The summed E-state index contributed by atoms with van der Waals surface area (Å²) in [5, 5.41) is 5.72. The minimum Gasteiger partial charge on any atom is -0.481 e. The molecule has 2 amide bonds. The highest BCUT2D eigenvalue weighted by atomic mass is 16.5. The SMILES string of the molecule is CC[C@H](C)NC(=O)c1ccccc1NC(=O)[C@H](C)Oc1ccc(C)c(C)c1. The van der Waals surface area contributed by atoms with E-state index >= 15 is 0 Å². The van der Waals surface area contributed by atoms with Gasteiger partial charge in [0, 0.05) is 6.04 Å². The molecule has 0 aliphatic carbocycles. The van der Waals surface area contributed by atoms with Crippen LogP contribution in [0.3, 0.4) is 0 Å². The van der Waals surface area contributed by atoms with Gasteiger partial charge in [-0.3, -0.25) is 9.59 Å². The van der Waals surface area contributed by atoms with Gasteiger partial charge in [0.15, 0.2) is 6.10 Å². The molecule has 0 unspecified atom stereocenters. The van der Waals surface area contributed by atoms with Crippen LogP contribution in [0.1, 0.15) is 48.7 Å². The van der Waals surface area contributed by atoms with Gasteiger partial charge in [-0.25, -0.2) is 0 Å². The number of benzene rings is 2. The summed E-state index contributed by atoms with van der Waals surface area (Å²) in [6, 6.07) is 12.7. The molecule has 0 saturated carbocycles. The van der Waals surface area contributed by atoms with Gasteiger partial charge < -0.3 is 15.4 Å². The summed E-state index contributed by atoms with van der Waals surface area (Å²) in [5.41, 5.74) is 3.18. The summed E-state index contributed by atoms with van der Waals surface area (Å²) in [4.78, 5) is 25.0. The first-order valence-electron chi connectivity index (χ1n) is 9.26. The smallest absolute Gasteiger partial charge is 0.265 e. The Labute approximate surface area is 161 Å². The maximum atomic E-state index is 12.6. The van der Waals surface area contributed by atoms with Crippen molar-refractivity contribution < 1.29 is 14.3 Å². The molecular weight excluding hydrogens is 340 g/mol. The maximum absolute atomic E-state index is 12.6. The van der Waals surface area contributed by atoms with Crippen LogP contribution in [0, 0.1) is 13.8 Å². The highest BCUT2D eigenvalue weighted by Crippen LogP contribution is 2.19. The lowest BCUT2D eigenvalue weighted by Gasteiger charge is -2.18. The Balaban J connectivity index is 2.08. The van der Waals surface area contributed by atoms with Crippen LogP contribution in [0.4, 0.5) is 5.69 Å². The largest absolute Gasteiger partial charge is 0.481 e. The van der Waals surface area contributed by atoms with Crippen LogP contribution in [0.15, 0.2) is 42.5 Å². The van der Waals surface area contributed by atoms with E-state index in [0.717, 1.165) is 12.0 Å². The number of amides is 2. The normalized spacial score (nSPS) is 12.8. The Morgan fingerprint density at radius 2 is 1.74 bits per heavy atom. The third-order valence-corrected chi connectivity index (χ3v) is 4.58. The summed E-state index contributed by atoms with van der Waals surface area (Å²) in [7, 11) is 0. The van der Waals surface area contributed by atoms with Crippen molar-refractivity contribution in [2.45, 2.75) is 53.2 Å². The van der Waals surface area contributed by atoms with Crippen molar-refractivity contribution in [3.05, 3.63) is 59.2 Å². The van der Waals surface area contributed by atoms with Crippen molar-refractivity contribution in [1.82, 2.24) is 5.32 Å². The van der Waals surface area contributed by atoms with Crippen LogP contribution in [-0.2, 0) is 4.79 Å². The third kappa shape index (κ3) is 5.58. The lowest BCUT2D eigenvalue weighted by Crippen LogP contribution is -2.34. The minimum absolute atomic E-state index is 0.0632. The number of hydrogen-bond acceptors (Lipinski definition) is 3. The van der Waals surface area contributed by atoms with Crippen molar-refractivity contribution in [1.29, 1.82) is 0 Å². The van der Waals surface area contributed by atoms with Gasteiger partial charge in [0.25, 0.3) is 11.8 Å². The van der Waals surface area contributed by atoms with Crippen LogP contribution in [0.2, 0.25) is 0 Å². The van der Waals surface area contributed by atoms with Gasteiger partial charge in [0.2, 0.25) is 0 Å². The summed E-state index contributed by atoms with van der Waals surface area (Å²) in [5.74, 6) is 0.128. The van der Waals surface area contributed by atoms with E-state index in [1.165, 1.54) is 5.56 Å². The molecule has 5 nitrogen and oxygen atoms in total. The lowest BCUT2D eigenvalue weighted by atomic mass is 10.1. The van der Waals surface area contributed by atoms with Gasteiger partial charge in [-0.05, 0) is 69.5 Å². The van der Waals surface area contributed by atoms with Crippen LogP contribution in [0.5, 0.6) is 5.75 Å². The molecule has 0 spiro atoms. The molecule has 5 heteroatoms. The summed E-state index contributed by atoms with van der Waals surface area (Å²) >= 11 is 0. The fourth-order valence-corrected chi connectivity index (χ4v) is 2.47. The monoisotopic (exact) mass is 368 g/mol. The highest BCUT2D eigenvalue weighted by molar-refractivity contribution is 6.04. The average molecular weight is 368 g/mol. The predicted molar refractivity (Wildman–Crippen MR) is 108 cm³/mol. The van der Waals surface area contributed by atoms with E-state index in [1.54, 1.807) is 31.2 Å². The molecule has 144 valence electrons. The van der Waals surface area contributed by atoms with E-state index < -0.39 is 6.10 Å². The Kier molecular flexibility index (Phi) is 6.99. The second-order valence-corrected chi connectivity index (χ2v) is 6.82. The maximum Gasteiger partial charge on any atom is 0.265 e. The van der Waals surface area contributed by atoms with E-state index in [0.29, 0.717) is 17.0 Å². The number of ether oxygens (including phenoxy) is 1. The average Bonchev–Trinajstić information content (AvgIpc) is 2.64. The predicted octanol–water partition coefficient (Wildman–Crippen LogP) is 4.24. The van der Waals surface area contributed by atoms with Gasteiger partial charge in [-0.2, -0.15) is 0 Å². The number of aryl methyl sites for hydroxylation is 2. The molecule has 2 aromatic rings. The van der Waals surface area contributed by atoms with Crippen molar-refractivity contribution >= 4 is 17.5 Å². The zero-order valence-corrected chi connectivity index (χ0v) is 16.6. The van der Waals surface area contributed by atoms with Crippen LogP contribution in [-0.4, -0.2) is 24.0 Å². The van der Waals surface area contributed by atoms with Crippen molar-refractivity contribution in [2.75, 3.05) is 5.32 Å². The van der Waals surface area contributed by atoms with Crippen LogP contribution >= 0.6 is 0 Å². The summed E-state index contributed by atoms with van der Waals surface area (Å²) in [6.07, 6.45) is 0.138. The standard InChI is InChI=1S/C22H28N2O3/c1-6-16(4)23-22(26)19-9-7-8-10-20(19)24-21(25)17(5)27-18-12-11-14(2)15(3)13-18/h7-13,16-17H,6H2,1-5H3,(H,23,26)(H,24,25)/t16-,17-/m0/s1. The highest BCUT2D eigenvalue weighted by Gasteiger charge is 2.19. The Bertz CT molecular complexity index is 817. The topological polar surface area (TPSA) is 67.4 Å². The molecule has 0 bridgehead atoms. The number of rotatable bonds is 7. The Hall–Kier alpha value is -2.82. The van der Waals surface area contributed by atoms with Gasteiger partial charge >= 0.3 is 0 Å². The van der Waals surface area contributed by atoms with E-state index in [2.05, 4.69) is 10.6 Å².